The van der Waals surface area contributed by atoms with E-state index in [1.807, 2.05) is 18.2 Å². The molecule has 0 bridgehead atoms. The van der Waals surface area contributed by atoms with Crippen LogP contribution in [0.25, 0.3) is 11.6 Å². The summed E-state index contributed by atoms with van der Waals surface area (Å²) in [7, 11) is -2.52. The van der Waals surface area contributed by atoms with Crippen molar-refractivity contribution < 1.29 is 22.9 Å². The number of amides is 1. The first-order chi connectivity index (χ1) is 12.1. The van der Waals surface area contributed by atoms with E-state index in [1.165, 1.54) is 15.5 Å². The summed E-state index contributed by atoms with van der Waals surface area (Å²) in [6.45, 7) is -0.181. The van der Waals surface area contributed by atoms with Gasteiger partial charge in [0.1, 0.15) is 0 Å². The molecule has 7 nitrogen and oxygen atoms in total. The number of aromatic nitrogens is 1. The van der Waals surface area contributed by atoms with E-state index >= 15 is 0 Å². The van der Waals surface area contributed by atoms with Crippen LogP contribution in [0.2, 0.25) is 0 Å². The number of hydrogen-bond acceptors (Lipinski definition) is 6. The molecule has 1 aromatic heterocycles. The van der Waals surface area contributed by atoms with Crippen molar-refractivity contribution >= 4 is 72.8 Å². The first-order valence-corrected chi connectivity index (χ1v) is 10.9. The minimum absolute atomic E-state index is 0.181. The third kappa shape index (κ3) is 3.62. The zero-order chi connectivity index (χ0) is 19.2. The Hall–Kier alpha value is -1.53. The van der Waals surface area contributed by atoms with Crippen molar-refractivity contribution in [1.29, 1.82) is 0 Å². The summed E-state index contributed by atoms with van der Waals surface area (Å²) in [5.74, 6) is -1.03. The Labute approximate surface area is 167 Å². The molecule has 0 saturated heterocycles. The monoisotopic (exact) mass is 476 g/mol. The second kappa shape index (κ2) is 6.89. The molecule has 0 aliphatic carbocycles. The summed E-state index contributed by atoms with van der Waals surface area (Å²) in [5.41, 5.74) is 1.87. The van der Waals surface area contributed by atoms with Crippen molar-refractivity contribution in [2.24, 2.45) is 0 Å². The van der Waals surface area contributed by atoms with Crippen LogP contribution in [0.15, 0.2) is 22.7 Å². The van der Waals surface area contributed by atoms with Crippen molar-refractivity contribution in [2.75, 3.05) is 17.7 Å². The predicted octanol–water partition coefficient (Wildman–Crippen LogP) is 3.15. The molecule has 2 heterocycles. The molecule has 2 aromatic rings. The molecule has 1 aliphatic heterocycles. The number of rotatable bonds is 4. The Bertz CT molecular complexity index is 1100. The molecule has 1 aromatic carbocycles. The zero-order valence-electron chi connectivity index (χ0n) is 13.3. The van der Waals surface area contributed by atoms with Crippen LogP contribution in [0.4, 0.5) is 5.69 Å². The molecule has 3 rings (SSSR count). The number of likely N-dealkylation sites (N-methyl/N-ethyl adjacent to an activating group) is 1. The van der Waals surface area contributed by atoms with Gasteiger partial charge in [0.05, 0.1) is 21.9 Å². The number of fused-ring (bicyclic) bond motifs is 1. The lowest BCUT2D eigenvalue weighted by molar-refractivity contribution is -0.112. The van der Waals surface area contributed by atoms with E-state index in [2.05, 4.69) is 15.9 Å². The Morgan fingerprint density at radius 3 is 2.73 bits per heavy atom. The summed E-state index contributed by atoms with van der Waals surface area (Å²) in [5, 5.41) is 10.4. The number of anilines is 1. The molecular formula is C15H13BrN2O5S3. The first kappa shape index (κ1) is 19.2. The van der Waals surface area contributed by atoms with Gasteiger partial charge in [0.15, 0.2) is 3.95 Å². The van der Waals surface area contributed by atoms with Gasteiger partial charge in [0, 0.05) is 23.6 Å². The van der Waals surface area contributed by atoms with Crippen molar-refractivity contribution in [3.8, 4) is 5.88 Å². The van der Waals surface area contributed by atoms with E-state index in [0.29, 0.717) is 10.5 Å². The molecule has 0 atom stereocenters. The van der Waals surface area contributed by atoms with E-state index in [-0.39, 0.29) is 22.3 Å². The van der Waals surface area contributed by atoms with Crippen molar-refractivity contribution in [3.05, 3.63) is 37.1 Å². The lowest BCUT2D eigenvalue weighted by Gasteiger charge is -2.08. The Morgan fingerprint density at radius 1 is 1.38 bits per heavy atom. The van der Waals surface area contributed by atoms with Crippen LogP contribution in [0.1, 0.15) is 10.4 Å². The molecule has 1 amide bonds. The standard InChI is InChI=1S/C15H13BrN2O5S3/c1-17-11-3-2-8(16)6-9(11)10(13(17)19)7-12-14(20)18(15(24)25-12)4-5-26(21,22)23/h2-3,6-7,20H,4-5H2,1H3,(H,21,22,23). The summed E-state index contributed by atoms with van der Waals surface area (Å²) in [6, 6.07) is 5.46. The first-order valence-electron chi connectivity index (χ1n) is 7.26. The highest BCUT2D eigenvalue weighted by Gasteiger charge is 2.30. The average Bonchev–Trinajstić information content (AvgIpc) is 2.94. The topological polar surface area (TPSA) is 99.8 Å². The number of aromatic hydroxyl groups is 1. The smallest absolute Gasteiger partial charge is 0.266 e. The molecule has 26 heavy (non-hydrogen) atoms. The maximum Gasteiger partial charge on any atom is 0.266 e. The highest BCUT2D eigenvalue weighted by molar-refractivity contribution is 9.10. The lowest BCUT2D eigenvalue weighted by atomic mass is 10.1. The van der Waals surface area contributed by atoms with E-state index < -0.39 is 15.9 Å². The van der Waals surface area contributed by atoms with Crippen LogP contribution < -0.4 is 4.90 Å². The highest BCUT2D eigenvalue weighted by atomic mass is 79.9. The van der Waals surface area contributed by atoms with Crippen LogP contribution in [-0.2, 0) is 21.5 Å². The number of hydrogen-bond donors (Lipinski definition) is 2. The quantitative estimate of drug-likeness (QED) is 0.399. The average molecular weight is 477 g/mol. The lowest BCUT2D eigenvalue weighted by Crippen LogP contribution is -2.20. The fourth-order valence-corrected chi connectivity index (χ4v) is 4.68. The van der Waals surface area contributed by atoms with Crippen LogP contribution in [0, 0.1) is 3.95 Å². The number of carbonyl (C=O) groups is 1. The van der Waals surface area contributed by atoms with Gasteiger partial charge < -0.3 is 10.0 Å². The third-order valence-corrected chi connectivity index (χ3v) is 6.46. The largest absolute Gasteiger partial charge is 0.493 e. The van der Waals surface area contributed by atoms with Gasteiger partial charge in [-0.05, 0) is 36.5 Å². The molecule has 0 saturated carbocycles. The van der Waals surface area contributed by atoms with Gasteiger partial charge >= 0.3 is 0 Å². The fourth-order valence-electron chi connectivity index (χ4n) is 2.60. The number of benzene rings is 1. The van der Waals surface area contributed by atoms with Gasteiger partial charge in [-0.15, -0.1) is 11.3 Å². The van der Waals surface area contributed by atoms with Crippen LogP contribution >= 0.6 is 39.5 Å². The number of carbonyl (C=O) groups excluding carboxylic acids is 1. The van der Waals surface area contributed by atoms with E-state index in [1.54, 1.807) is 7.05 Å². The van der Waals surface area contributed by atoms with Crippen molar-refractivity contribution in [3.63, 3.8) is 0 Å². The molecule has 138 valence electrons. The van der Waals surface area contributed by atoms with Gasteiger partial charge in [-0.25, -0.2) is 0 Å². The van der Waals surface area contributed by atoms with Crippen LogP contribution in [-0.4, -0.2) is 41.4 Å². The Balaban J connectivity index is 2.05. The number of thiazole rings is 1. The Kier molecular flexibility index (Phi) is 5.10. The van der Waals surface area contributed by atoms with Crippen LogP contribution in [0.5, 0.6) is 5.88 Å². The van der Waals surface area contributed by atoms with Gasteiger partial charge in [-0.3, -0.25) is 13.9 Å². The SMILES string of the molecule is CN1C(=O)C(=Cc2sc(=S)n(CCS(=O)(=O)O)c2O)c2cc(Br)ccc21. The zero-order valence-corrected chi connectivity index (χ0v) is 17.4. The predicted molar refractivity (Wildman–Crippen MR) is 107 cm³/mol. The molecule has 11 heteroatoms. The summed E-state index contributed by atoms with van der Waals surface area (Å²) < 4.78 is 33.0. The van der Waals surface area contributed by atoms with Gasteiger partial charge in [0.2, 0.25) is 5.88 Å². The second-order valence-electron chi connectivity index (χ2n) is 5.58. The molecule has 0 fully saturated rings. The second-order valence-corrected chi connectivity index (χ2v) is 9.74. The molecule has 0 radical (unpaired) electrons. The van der Waals surface area contributed by atoms with Gasteiger partial charge in [-0.1, -0.05) is 15.9 Å². The number of nitrogens with zero attached hydrogens (tertiary/aromatic N) is 2. The third-order valence-electron chi connectivity index (χ3n) is 3.89. The highest BCUT2D eigenvalue weighted by Crippen LogP contribution is 2.40. The van der Waals surface area contributed by atoms with Crippen LogP contribution in [0.3, 0.4) is 0 Å². The number of halogens is 1. The fraction of sp³-hybridized carbons (Fsp3) is 0.200. The van der Waals surface area contributed by atoms with E-state index in [9.17, 15) is 18.3 Å². The molecule has 1 aliphatic rings. The summed E-state index contributed by atoms with van der Waals surface area (Å²) in [4.78, 5) is 14.4. The molecule has 0 spiro atoms. The maximum atomic E-state index is 12.6. The summed E-state index contributed by atoms with van der Waals surface area (Å²) in [6.07, 6.45) is 1.54. The molecule has 0 unspecified atom stereocenters. The minimum atomic E-state index is -4.18. The van der Waals surface area contributed by atoms with Gasteiger partial charge in [-0.2, -0.15) is 8.42 Å². The van der Waals surface area contributed by atoms with E-state index in [0.717, 1.165) is 27.1 Å². The van der Waals surface area contributed by atoms with E-state index in [4.69, 9.17) is 16.8 Å². The van der Waals surface area contributed by atoms with Crippen molar-refractivity contribution in [1.82, 2.24) is 4.57 Å². The maximum absolute atomic E-state index is 12.6. The Morgan fingerprint density at radius 2 is 2.08 bits per heavy atom. The molecule has 2 N–H and O–H groups in total. The summed E-state index contributed by atoms with van der Waals surface area (Å²) >= 11 is 9.59. The normalized spacial score (nSPS) is 15.7. The molecular weight excluding hydrogens is 464 g/mol. The van der Waals surface area contributed by atoms with Gasteiger partial charge in [0.25, 0.3) is 16.0 Å². The van der Waals surface area contributed by atoms with Crippen molar-refractivity contribution in [2.45, 2.75) is 6.54 Å². The minimum Gasteiger partial charge on any atom is -0.493 e.